The van der Waals surface area contributed by atoms with E-state index < -0.39 is 17.1 Å². The Morgan fingerprint density at radius 2 is 1.43 bits per heavy atom. The molecule has 0 saturated carbocycles. The molecule has 0 aliphatic carbocycles. The van der Waals surface area contributed by atoms with E-state index in [2.05, 4.69) is 21.3 Å². The fraction of sp³-hybridized carbons (Fsp3) is 0.143. The molecule has 46 heavy (non-hydrogen) atoms. The Morgan fingerprint density at radius 1 is 0.739 bits per heavy atom. The first-order valence-electron chi connectivity index (χ1n) is 14.2. The van der Waals surface area contributed by atoms with Crippen LogP contribution in [0.4, 0.5) is 17.1 Å². The van der Waals surface area contributed by atoms with Crippen LogP contribution in [0.2, 0.25) is 0 Å². The number of anilines is 3. The number of carbonyl (C=O) groups excluding carboxylic acids is 4. The first-order chi connectivity index (χ1) is 22.1. The maximum Gasteiger partial charge on any atom is 0.272 e. The molecule has 10 nitrogen and oxygen atoms in total. The van der Waals surface area contributed by atoms with Crippen LogP contribution < -0.4 is 30.7 Å². The van der Waals surface area contributed by atoms with Crippen molar-refractivity contribution in [3.05, 3.63) is 114 Å². The molecule has 4 aromatic carbocycles. The standard InChI is InChI=1S/C35H34N4O6S/c1-22(33(41)37-27-15-13-26(14-16-27)36-23(2)40)46-30-12-8-11-28(21-30)38-35(43)31(39-34(42)24-9-6-5-7-10-24)20-25-19-29(44-3)17-18-32(25)45-4/h5-22H,1-4H3,(H,36,40)(H,37,41)(H,38,43)(H,39,42)/b31-20+. The van der Waals surface area contributed by atoms with Crippen LogP contribution in [0.1, 0.15) is 29.8 Å². The lowest BCUT2D eigenvalue weighted by molar-refractivity contribution is -0.115. The smallest absolute Gasteiger partial charge is 0.272 e. The van der Waals surface area contributed by atoms with Gasteiger partial charge in [0, 0.05) is 40.0 Å². The average Bonchev–Trinajstić information content (AvgIpc) is 3.05. The van der Waals surface area contributed by atoms with Gasteiger partial charge in [-0.3, -0.25) is 19.2 Å². The number of ether oxygens (including phenoxy) is 2. The van der Waals surface area contributed by atoms with Crippen LogP contribution in [0.3, 0.4) is 0 Å². The molecule has 4 N–H and O–H groups in total. The lowest BCUT2D eigenvalue weighted by Gasteiger charge is -2.15. The van der Waals surface area contributed by atoms with E-state index in [1.54, 1.807) is 97.9 Å². The van der Waals surface area contributed by atoms with Crippen molar-refractivity contribution >= 4 is 58.5 Å². The molecule has 0 fully saturated rings. The Labute approximate surface area is 271 Å². The topological polar surface area (TPSA) is 135 Å². The number of hydrogen-bond donors (Lipinski definition) is 4. The minimum Gasteiger partial charge on any atom is -0.497 e. The molecule has 0 spiro atoms. The molecule has 0 heterocycles. The van der Waals surface area contributed by atoms with Gasteiger partial charge in [0.25, 0.3) is 11.8 Å². The molecule has 0 aromatic heterocycles. The fourth-order valence-corrected chi connectivity index (χ4v) is 5.16. The van der Waals surface area contributed by atoms with E-state index in [1.165, 1.54) is 39.0 Å². The summed E-state index contributed by atoms with van der Waals surface area (Å²) in [5.41, 5.74) is 2.58. The molecule has 0 aliphatic rings. The monoisotopic (exact) mass is 638 g/mol. The first-order valence-corrected chi connectivity index (χ1v) is 15.1. The van der Waals surface area contributed by atoms with Gasteiger partial charge >= 0.3 is 0 Å². The van der Waals surface area contributed by atoms with E-state index in [9.17, 15) is 19.2 Å². The summed E-state index contributed by atoms with van der Waals surface area (Å²) >= 11 is 1.32. The van der Waals surface area contributed by atoms with Crippen LogP contribution in [0, 0.1) is 0 Å². The van der Waals surface area contributed by atoms with E-state index in [4.69, 9.17) is 9.47 Å². The highest BCUT2D eigenvalue weighted by atomic mass is 32.2. The molecule has 1 atom stereocenters. The van der Waals surface area contributed by atoms with Gasteiger partial charge in [-0.05, 0) is 85.8 Å². The van der Waals surface area contributed by atoms with Crippen molar-refractivity contribution in [2.45, 2.75) is 24.0 Å². The minimum absolute atomic E-state index is 0.0178. The molecule has 11 heteroatoms. The van der Waals surface area contributed by atoms with Crippen molar-refractivity contribution in [2.24, 2.45) is 0 Å². The summed E-state index contributed by atoms with van der Waals surface area (Å²) in [6.45, 7) is 3.20. The molecule has 0 aliphatic heterocycles. The van der Waals surface area contributed by atoms with Gasteiger partial charge in [0.15, 0.2) is 0 Å². The zero-order chi connectivity index (χ0) is 33.1. The van der Waals surface area contributed by atoms with Crippen LogP contribution in [0.5, 0.6) is 11.5 Å². The van der Waals surface area contributed by atoms with Gasteiger partial charge in [-0.2, -0.15) is 0 Å². The van der Waals surface area contributed by atoms with Crippen molar-refractivity contribution in [1.82, 2.24) is 5.32 Å². The van der Waals surface area contributed by atoms with Gasteiger partial charge in [0.05, 0.1) is 19.5 Å². The number of methoxy groups -OCH3 is 2. The van der Waals surface area contributed by atoms with Crippen molar-refractivity contribution in [3.63, 3.8) is 0 Å². The molecule has 4 rings (SSSR count). The quantitative estimate of drug-likeness (QED) is 0.107. The van der Waals surface area contributed by atoms with E-state index in [-0.39, 0.29) is 17.5 Å². The summed E-state index contributed by atoms with van der Waals surface area (Å²) < 4.78 is 10.8. The van der Waals surface area contributed by atoms with Crippen molar-refractivity contribution in [2.75, 3.05) is 30.2 Å². The van der Waals surface area contributed by atoms with E-state index >= 15 is 0 Å². The highest BCUT2D eigenvalue weighted by Crippen LogP contribution is 2.28. The molecular formula is C35H34N4O6S. The second kappa shape index (κ2) is 16.0. The Balaban J connectivity index is 1.50. The summed E-state index contributed by atoms with van der Waals surface area (Å²) in [5, 5.41) is 10.7. The highest BCUT2D eigenvalue weighted by Gasteiger charge is 2.18. The van der Waals surface area contributed by atoms with Crippen molar-refractivity contribution < 1.29 is 28.7 Å². The fourth-order valence-electron chi connectivity index (χ4n) is 4.24. The molecule has 0 saturated heterocycles. The highest BCUT2D eigenvalue weighted by molar-refractivity contribution is 8.00. The molecule has 236 valence electrons. The van der Waals surface area contributed by atoms with Crippen LogP contribution in [0.25, 0.3) is 6.08 Å². The lowest BCUT2D eigenvalue weighted by Crippen LogP contribution is -2.30. The molecule has 1 unspecified atom stereocenters. The Kier molecular flexibility index (Phi) is 11.6. The number of rotatable bonds is 12. The predicted octanol–water partition coefficient (Wildman–Crippen LogP) is 6.19. The average molecular weight is 639 g/mol. The Bertz CT molecular complexity index is 1740. The van der Waals surface area contributed by atoms with Crippen LogP contribution >= 0.6 is 11.8 Å². The second-order valence-electron chi connectivity index (χ2n) is 9.98. The molecular weight excluding hydrogens is 604 g/mol. The number of amides is 4. The molecule has 4 aromatic rings. The normalized spacial score (nSPS) is 11.5. The Morgan fingerprint density at radius 3 is 2.09 bits per heavy atom. The van der Waals surface area contributed by atoms with Crippen LogP contribution in [-0.2, 0) is 14.4 Å². The summed E-state index contributed by atoms with van der Waals surface area (Å²) in [4.78, 5) is 51.5. The van der Waals surface area contributed by atoms with E-state index in [1.807, 2.05) is 6.07 Å². The molecule has 4 amide bonds. The van der Waals surface area contributed by atoms with Gasteiger partial charge in [0.2, 0.25) is 11.8 Å². The van der Waals surface area contributed by atoms with Gasteiger partial charge in [-0.1, -0.05) is 24.3 Å². The third-order valence-electron chi connectivity index (χ3n) is 6.51. The maximum absolute atomic E-state index is 13.6. The molecule has 0 bridgehead atoms. The third kappa shape index (κ3) is 9.47. The first kappa shape index (κ1) is 33.3. The van der Waals surface area contributed by atoms with E-state index in [0.29, 0.717) is 39.7 Å². The summed E-state index contributed by atoms with van der Waals surface area (Å²) in [6, 6.07) is 27.6. The third-order valence-corrected chi connectivity index (χ3v) is 7.61. The zero-order valence-electron chi connectivity index (χ0n) is 25.8. The summed E-state index contributed by atoms with van der Waals surface area (Å²) in [6.07, 6.45) is 1.52. The Hall–Kier alpha value is -5.55. The second-order valence-corrected chi connectivity index (χ2v) is 11.4. The lowest BCUT2D eigenvalue weighted by atomic mass is 10.1. The minimum atomic E-state index is -0.565. The number of carbonyl (C=O) groups is 4. The van der Waals surface area contributed by atoms with Gasteiger partial charge in [-0.25, -0.2) is 0 Å². The predicted molar refractivity (Wildman–Crippen MR) is 181 cm³/mol. The van der Waals surface area contributed by atoms with Gasteiger partial charge in [0.1, 0.15) is 17.2 Å². The number of hydrogen-bond acceptors (Lipinski definition) is 7. The summed E-state index contributed by atoms with van der Waals surface area (Å²) in [5.74, 6) is -0.391. The van der Waals surface area contributed by atoms with Crippen molar-refractivity contribution in [3.8, 4) is 11.5 Å². The number of nitrogens with one attached hydrogen (secondary N) is 4. The van der Waals surface area contributed by atoms with Crippen LogP contribution in [-0.4, -0.2) is 43.1 Å². The van der Waals surface area contributed by atoms with Gasteiger partial charge < -0.3 is 30.7 Å². The van der Waals surface area contributed by atoms with Gasteiger partial charge in [-0.15, -0.1) is 11.8 Å². The number of thioether (sulfide) groups is 1. The zero-order valence-corrected chi connectivity index (χ0v) is 26.6. The maximum atomic E-state index is 13.6. The number of benzene rings is 4. The van der Waals surface area contributed by atoms with Crippen LogP contribution in [0.15, 0.2) is 108 Å². The largest absolute Gasteiger partial charge is 0.497 e. The summed E-state index contributed by atoms with van der Waals surface area (Å²) in [7, 11) is 3.04. The molecule has 0 radical (unpaired) electrons. The SMILES string of the molecule is COc1ccc(OC)c(/C=C(/NC(=O)c2ccccc2)C(=O)Nc2cccc(SC(C)C(=O)Nc3ccc(NC(C)=O)cc3)c2)c1. The van der Waals surface area contributed by atoms with Crippen molar-refractivity contribution in [1.29, 1.82) is 0 Å². The van der Waals surface area contributed by atoms with E-state index in [0.717, 1.165) is 4.90 Å².